The molecule has 0 saturated carbocycles. The van der Waals surface area contributed by atoms with Crippen molar-refractivity contribution >= 4 is 29.1 Å². The number of aromatic nitrogens is 3. The number of anilines is 2. The number of hydrogen-bond acceptors (Lipinski definition) is 14. The van der Waals surface area contributed by atoms with Gasteiger partial charge in [0.15, 0.2) is 11.6 Å². The molecule has 21 heteroatoms. The lowest BCUT2D eigenvalue weighted by Gasteiger charge is -2.46. The molecule has 6 heterocycles. The molecule has 0 aliphatic carbocycles. The Labute approximate surface area is 433 Å². The van der Waals surface area contributed by atoms with Gasteiger partial charge in [-0.2, -0.15) is 13.2 Å². The van der Waals surface area contributed by atoms with Crippen molar-refractivity contribution in [1.82, 2.24) is 30.1 Å². The van der Waals surface area contributed by atoms with Crippen molar-refractivity contribution in [2.75, 3.05) is 57.9 Å². The van der Waals surface area contributed by atoms with Gasteiger partial charge in [-0.05, 0) is 85.0 Å². The molecule has 6 aromatic rings. The van der Waals surface area contributed by atoms with Gasteiger partial charge in [0.05, 0.1) is 78.1 Å². The number of ether oxygens (including phenoxy) is 5. The van der Waals surface area contributed by atoms with Gasteiger partial charge in [-0.15, -0.1) is 0 Å². The van der Waals surface area contributed by atoms with Crippen LogP contribution in [0.25, 0.3) is 17.1 Å². The quantitative estimate of drug-likeness (QED) is 0.0843. The number of nitrogens with one attached hydrogen (secondary N) is 2. The first kappa shape index (κ1) is 51.1. The van der Waals surface area contributed by atoms with Crippen molar-refractivity contribution in [3.05, 3.63) is 158 Å². The van der Waals surface area contributed by atoms with Crippen LogP contribution in [0.5, 0.6) is 23.0 Å². The lowest BCUT2D eigenvalue weighted by Crippen LogP contribution is -2.58. The van der Waals surface area contributed by atoms with E-state index in [-0.39, 0.29) is 60.1 Å². The Balaban J connectivity index is 1.12. The van der Waals surface area contributed by atoms with E-state index in [9.17, 15) is 8.78 Å². The van der Waals surface area contributed by atoms with E-state index in [1.807, 2.05) is 48.5 Å². The van der Waals surface area contributed by atoms with Crippen LogP contribution in [0.4, 0.5) is 38.0 Å². The summed E-state index contributed by atoms with van der Waals surface area (Å²) in [7, 11) is 4.66. The molecule has 10 rings (SSSR count). The van der Waals surface area contributed by atoms with Gasteiger partial charge in [0, 0.05) is 45.0 Å². The molecule has 2 fully saturated rings. The first-order chi connectivity index (χ1) is 36.0. The van der Waals surface area contributed by atoms with E-state index in [1.54, 1.807) is 53.0 Å². The fraction of sp³-hybridized carbons (Fsp3) is 0.333. The Kier molecular flexibility index (Phi) is 13.9. The maximum Gasteiger partial charge on any atom is 0.418 e. The minimum absolute atomic E-state index is 0.0382. The minimum atomic E-state index is -5.06. The van der Waals surface area contributed by atoms with Crippen molar-refractivity contribution in [2.45, 2.75) is 70.0 Å². The van der Waals surface area contributed by atoms with Gasteiger partial charge in [-0.25, -0.2) is 23.1 Å². The molecule has 4 aliphatic heterocycles. The summed E-state index contributed by atoms with van der Waals surface area (Å²) in [4.78, 5) is 23.7. The summed E-state index contributed by atoms with van der Waals surface area (Å²) in [5, 5.41) is 5.97. The largest absolute Gasteiger partial charge is 0.497 e. The van der Waals surface area contributed by atoms with Gasteiger partial charge >= 0.3 is 12.1 Å². The second-order valence-electron chi connectivity index (χ2n) is 18.8. The summed E-state index contributed by atoms with van der Waals surface area (Å²) in [6.45, 7) is 3.30. The molecule has 2 saturated heterocycles. The molecule has 14 nitrogen and oxygen atoms in total. The second-order valence-corrected chi connectivity index (χ2v) is 19.2. The third kappa shape index (κ3) is 10.1. The average Bonchev–Trinajstić information content (AvgIpc) is 3.50. The predicted octanol–water partition coefficient (Wildman–Crippen LogP) is 9.50. The van der Waals surface area contributed by atoms with Crippen LogP contribution in [-0.2, 0) is 30.5 Å². The van der Waals surface area contributed by atoms with E-state index in [1.165, 1.54) is 45.8 Å². The monoisotopic (exact) mass is 1060 g/mol. The van der Waals surface area contributed by atoms with Crippen LogP contribution in [0.15, 0.2) is 108 Å². The van der Waals surface area contributed by atoms with Crippen molar-refractivity contribution in [2.24, 2.45) is 4.99 Å². The van der Waals surface area contributed by atoms with Gasteiger partial charge < -0.3 is 44.1 Å². The van der Waals surface area contributed by atoms with Crippen molar-refractivity contribution < 1.29 is 50.0 Å². The van der Waals surface area contributed by atoms with Gasteiger partial charge in [-0.3, -0.25) is 14.9 Å². The molecule has 2 N–H and O–H groups in total. The minimum Gasteiger partial charge on any atom is -0.497 e. The van der Waals surface area contributed by atoms with E-state index in [0.29, 0.717) is 48.3 Å². The molecule has 4 aromatic carbocycles. The normalized spacial score (nSPS) is 17.9. The number of fused-ring (bicyclic) bond motifs is 1. The highest BCUT2D eigenvalue weighted by atomic mass is 35.5. The third-order valence-electron chi connectivity index (χ3n) is 14.0. The molecule has 4 aliphatic rings. The van der Waals surface area contributed by atoms with E-state index in [0.717, 1.165) is 16.7 Å². The van der Waals surface area contributed by atoms with Crippen LogP contribution in [-0.4, -0.2) is 83.9 Å². The number of pyridine rings is 1. The topological polar surface area (TPSA) is 131 Å². The number of nitrogens with zero attached hydrogens (tertiary/aromatic N) is 7. The van der Waals surface area contributed by atoms with Crippen LogP contribution in [0, 0.1) is 12.7 Å². The molecular formula is C54H52ClF6N9O5. The van der Waals surface area contributed by atoms with Crippen LogP contribution >= 0.6 is 11.6 Å². The van der Waals surface area contributed by atoms with Gasteiger partial charge in [-0.1, -0.05) is 48.0 Å². The van der Waals surface area contributed by atoms with Gasteiger partial charge in [0.1, 0.15) is 53.7 Å². The summed E-state index contributed by atoms with van der Waals surface area (Å²) < 4.78 is 124. The fourth-order valence-electron chi connectivity index (χ4n) is 10.1. The van der Waals surface area contributed by atoms with Crippen LogP contribution in [0.3, 0.4) is 0 Å². The lowest BCUT2D eigenvalue weighted by atomic mass is 9.85. The second kappa shape index (κ2) is 20.3. The molecule has 2 unspecified atom stereocenters. The van der Waals surface area contributed by atoms with E-state index < -0.39 is 70.1 Å². The lowest BCUT2D eigenvalue weighted by molar-refractivity contribution is -0.137. The summed E-state index contributed by atoms with van der Waals surface area (Å²) >= 11 is 7.24. The first-order valence-electron chi connectivity index (χ1n) is 24.0. The predicted molar refractivity (Wildman–Crippen MR) is 268 cm³/mol. The van der Waals surface area contributed by atoms with E-state index in [4.69, 9.17) is 40.3 Å². The number of alkyl halides is 5. The Hall–Kier alpha value is -7.45. The Bertz CT molecular complexity index is 3230. The number of benzene rings is 4. The number of rotatable bonds is 17. The highest BCUT2D eigenvalue weighted by molar-refractivity contribution is 6.33. The van der Waals surface area contributed by atoms with Crippen LogP contribution in [0.2, 0.25) is 5.02 Å². The summed E-state index contributed by atoms with van der Waals surface area (Å²) in [5.41, 5.74) is -1.18. The molecule has 0 bridgehead atoms. The molecule has 0 radical (unpaired) electrons. The zero-order valence-electron chi connectivity index (χ0n) is 41.5. The fourth-order valence-corrected chi connectivity index (χ4v) is 10.4. The summed E-state index contributed by atoms with van der Waals surface area (Å²) in [6.07, 6.45) is -0.664. The van der Waals surface area contributed by atoms with Crippen molar-refractivity contribution in [1.29, 1.82) is 0 Å². The van der Waals surface area contributed by atoms with Gasteiger partial charge in [0.2, 0.25) is 0 Å². The summed E-state index contributed by atoms with van der Waals surface area (Å²) in [5.74, 6) is -2.64. The Morgan fingerprint density at radius 2 is 1.51 bits per heavy atom. The maximum atomic E-state index is 18.3. The highest BCUT2D eigenvalue weighted by Gasteiger charge is 2.60. The number of methoxy groups -OCH3 is 3. The molecule has 0 spiro atoms. The van der Waals surface area contributed by atoms with Gasteiger partial charge in [0.25, 0.3) is 5.92 Å². The van der Waals surface area contributed by atoms with Crippen LogP contribution < -0.4 is 45.1 Å². The maximum absolute atomic E-state index is 18.3. The molecule has 0 amide bonds. The standard InChI is InChI=1S/C54H52ClF6N9O5/c1-31-22-39(68(24-34-8-14-37(72-4)15-9-34)25-35-10-16-38(73-5)17-11-35)67-47(43(31)54(59,60)61)41-44(55)48-42-49(45(41)56)75-40(74-29-52-18-21-69(52)28-53(57,58)27-52)26-70(51(42)66-30-65-48)32(2)46-50(63-20-19-62-46)64-23-33-6-12-36(71-3)13-7-33/h6-17,19-20,22,26,32,66H,18,21,23-25,27-30H2,1-5H3,(H,63,64). The first-order valence-corrected chi connectivity index (χ1v) is 24.4. The van der Waals surface area contributed by atoms with Crippen molar-refractivity contribution in [3.63, 3.8) is 0 Å². The Morgan fingerprint density at radius 3 is 2.08 bits per heavy atom. The highest BCUT2D eigenvalue weighted by Crippen LogP contribution is 2.49. The summed E-state index contributed by atoms with van der Waals surface area (Å²) in [6, 6.07) is 22.4. The zero-order chi connectivity index (χ0) is 52.8. The average molecular weight is 1060 g/mol. The SMILES string of the molecule is COc1ccc(CNc2nccnc2C(C)N2C=C(OCC34CCN3CC(F)(F)C4)Oc3c(F)c(-c4nc(N(Cc5ccc(OC)cc5)Cc5ccc(OC)cc5)cc(C)c4C(F)(F)F)c(Cl)c4c3=C2NCN=4)cc1. The van der Waals surface area contributed by atoms with Crippen LogP contribution in [0.1, 0.15) is 59.3 Å². The molecular weight excluding hydrogens is 1000 g/mol. The number of aryl methyl sites for hydroxylation is 1. The number of halogens is 7. The van der Waals surface area contributed by atoms with E-state index in [2.05, 4.69) is 25.6 Å². The number of hydrogen-bond donors (Lipinski definition) is 2. The molecule has 75 heavy (non-hydrogen) atoms. The molecule has 2 atom stereocenters. The van der Waals surface area contributed by atoms with Crippen molar-refractivity contribution in [3.8, 4) is 34.3 Å². The molecule has 392 valence electrons. The Morgan fingerprint density at radius 1 is 0.893 bits per heavy atom. The molecule has 2 aromatic heterocycles. The third-order valence-corrected chi connectivity index (χ3v) is 14.4. The van der Waals surface area contributed by atoms with E-state index >= 15 is 17.6 Å². The smallest absolute Gasteiger partial charge is 0.418 e. The zero-order valence-corrected chi connectivity index (χ0v) is 42.3.